The second-order valence-corrected chi connectivity index (χ2v) is 6.96. The molecule has 0 aliphatic rings. The molecule has 0 fully saturated rings. The molecule has 1 heterocycles. The Morgan fingerprint density at radius 3 is 2.64 bits per heavy atom. The normalized spacial score (nSPS) is 10.6. The third-order valence-electron chi connectivity index (χ3n) is 3.56. The lowest BCUT2D eigenvalue weighted by molar-refractivity contribution is -0.118. The highest BCUT2D eigenvalue weighted by Gasteiger charge is 2.17. The third-order valence-corrected chi connectivity index (χ3v) is 4.62. The van der Waals surface area contributed by atoms with Gasteiger partial charge in [-0.1, -0.05) is 37.3 Å². The molecular weight excluding hydrogens is 340 g/mol. The van der Waals surface area contributed by atoms with Crippen molar-refractivity contribution in [1.29, 1.82) is 0 Å². The SMILES string of the molecule is COC(=O)c1sc(NC(=O)COc2cc(C)ccc2C(C)C)nc1C. The van der Waals surface area contributed by atoms with Gasteiger partial charge in [0.2, 0.25) is 0 Å². The summed E-state index contributed by atoms with van der Waals surface area (Å²) in [5.74, 6) is 0.202. The largest absolute Gasteiger partial charge is 0.483 e. The Hall–Kier alpha value is -2.41. The Morgan fingerprint density at radius 2 is 2.00 bits per heavy atom. The minimum atomic E-state index is -0.465. The number of ether oxygens (including phenoxy) is 2. The number of nitrogens with one attached hydrogen (secondary N) is 1. The average molecular weight is 362 g/mol. The van der Waals surface area contributed by atoms with Gasteiger partial charge in [0.05, 0.1) is 12.8 Å². The number of aryl methyl sites for hydroxylation is 2. The Labute approximate surface area is 151 Å². The van der Waals surface area contributed by atoms with Crippen molar-refractivity contribution >= 4 is 28.3 Å². The van der Waals surface area contributed by atoms with Gasteiger partial charge in [0.25, 0.3) is 5.91 Å². The zero-order chi connectivity index (χ0) is 18.6. The highest BCUT2D eigenvalue weighted by atomic mass is 32.1. The number of hydrogen-bond donors (Lipinski definition) is 1. The van der Waals surface area contributed by atoms with Gasteiger partial charge in [-0.3, -0.25) is 10.1 Å². The summed E-state index contributed by atoms with van der Waals surface area (Å²) in [4.78, 5) is 28.3. The minimum absolute atomic E-state index is 0.130. The molecule has 0 aliphatic heterocycles. The highest BCUT2D eigenvalue weighted by Crippen LogP contribution is 2.27. The standard InChI is InChI=1S/C18H22N2O4S/c1-10(2)13-7-6-11(3)8-14(13)24-9-15(21)20-18-19-12(4)16(25-18)17(22)23-5/h6-8,10H,9H2,1-5H3,(H,19,20,21). The van der Waals surface area contributed by atoms with Crippen molar-refractivity contribution in [2.45, 2.75) is 33.6 Å². The topological polar surface area (TPSA) is 77.5 Å². The van der Waals surface area contributed by atoms with E-state index in [1.165, 1.54) is 7.11 Å². The van der Waals surface area contributed by atoms with E-state index in [-0.39, 0.29) is 12.5 Å². The molecule has 2 rings (SSSR count). The van der Waals surface area contributed by atoms with Gasteiger partial charge < -0.3 is 9.47 Å². The number of esters is 1. The van der Waals surface area contributed by atoms with Gasteiger partial charge >= 0.3 is 5.97 Å². The molecule has 1 aromatic carbocycles. The number of benzene rings is 1. The Bertz CT molecular complexity index is 783. The van der Waals surface area contributed by atoms with E-state index in [2.05, 4.69) is 28.9 Å². The first-order valence-corrected chi connectivity index (χ1v) is 8.72. The molecule has 0 saturated heterocycles. The maximum Gasteiger partial charge on any atom is 0.350 e. The second-order valence-electron chi connectivity index (χ2n) is 5.96. The molecule has 7 heteroatoms. The van der Waals surface area contributed by atoms with Crippen molar-refractivity contribution in [3.05, 3.63) is 39.9 Å². The number of nitrogens with zero attached hydrogens (tertiary/aromatic N) is 1. The summed E-state index contributed by atoms with van der Waals surface area (Å²) in [6, 6.07) is 5.96. The summed E-state index contributed by atoms with van der Waals surface area (Å²) < 4.78 is 10.4. The molecule has 134 valence electrons. The van der Waals surface area contributed by atoms with E-state index in [4.69, 9.17) is 4.74 Å². The number of carbonyl (C=O) groups is 2. The summed E-state index contributed by atoms with van der Waals surface area (Å²) in [5.41, 5.74) is 2.64. The number of aromatic nitrogens is 1. The number of carbonyl (C=O) groups excluding carboxylic acids is 2. The first-order chi connectivity index (χ1) is 11.8. The number of anilines is 1. The number of methoxy groups -OCH3 is 1. The lowest BCUT2D eigenvalue weighted by atomic mass is 10.0. The predicted molar refractivity (Wildman–Crippen MR) is 97.6 cm³/mol. The van der Waals surface area contributed by atoms with Gasteiger partial charge in [-0.2, -0.15) is 0 Å². The fourth-order valence-electron chi connectivity index (χ4n) is 2.27. The molecule has 0 saturated carbocycles. The van der Waals surface area contributed by atoms with Crippen LogP contribution in [-0.2, 0) is 9.53 Å². The molecule has 0 bridgehead atoms. The molecule has 2 aromatic rings. The summed E-state index contributed by atoms with van der Waals surface area (Å²) >= 11 is 1.08. The van der Waals surface area contributed by atoms with E-state index in [1.807, 2.05) is 25.1 Å². The minimum Gasteiger partial charge on any atom is -0.483 e. The maximum absolute atomic E-state index is 12.1. The van der Waals surface area contributed by atoms with Crippen molar-refractivity contribution in [3.8, 4) is 5.75 Å². The average Bonchev–Trinajstić information content (AvgIpc) is 2.92. The van der Waals surface area contributed by atoms with Crippen LogP contribution in [0.3, 0.4) is 0 Å². The van der Waals surface area contributed by atoms with Gasteiger partial charge in [0.15, 0.2) is 11.7 Å². The van der Waals surface area contributed by atoms with E-state index in [1.54, 1.807) is 6.92 Å². The van der Waals surface area contributed by atoms with Gasteiger partial charge in [-0.05, 0) is 37.0 Å². The van der Waals surface area contributed by atoms with Crippen molar-refractivity contribution in [2.75, 3.05) is 19.0 Å². The van der Waals surface area contributed by atoms with Crippen LogP contribution < -0.4 is 10.1 Å². The third kappa shape index (κ3) is 4.79. The molecule has 1 amide bonds. The van der Waals surface area contributed by atoms with Gasteiger partial charge in [-0.15, -0.1) is 0 Å². The fraction of sp³-hybridized carbons (Fsp3) is 0.389. The summed E-state index contributed by atoms with van der Waals surface area (Å²) in [6.07, 6.45) is 0. The monoisotopic (exact) mass is 362 g/mol. The van der Waals surface area contributed by atoms with Gasteiger partial charge in [-0.25, -0.2) is 9.78 Å². The quantitative estimate of drug-likeness (QED) is 0.793. The molecule has 0 spiro atoms. The molecule has 1 aromatic heterocycles. The van der Waals surface area contributed by atoms with Gasteiger partial charge in [0, 0.05) is 0 Å². The molecule has 0 radical (unpaired) electrons. The number of thiazole rings is 1. The van der Waals surface area contributed by atoms with Gasteiger partial charge in [0.1, 0.15) is 10.6 Å². The maximum atomic E-state index is 12.1. The molecule has 0 aliphatic carbocycles. The van der Waals surface area contributed by atoms with Crippen LogP contribution in [0.15, 0.2) is 18.2 Å². The van der Waals surface area contributed by atoms with Crippen LogP contribution >= 0.6 is 11.3 Å². The predicted octanol–water partition coefficient (Wildman–Crippen LogP) is 3.69. The van der Waals surface area contributed by atoms with E-state index < -0.39 is 5.97 Å². The van der Waals surface area contributed by atoms with Crippen molar-refractivity contribution < 1.29 is 19.1 Å². The Kier molecular flexibility index (Phi) is 6.14. The van der Waals surface area contributed by atoms with Crippen LogP contribution in [0.2, 0.25) is 0 Å². The molecule has 25 heavy (non-hydrogen) atoms. The first kappa shape index (κ1) is 18.9. The highest BCUT2D eigenvalue weighted by molar-refractivity contribution is 7.17. The smallest absolute Gasteiger partial charge is 0.350 e. The van der Waals surface area contributed by atoms with E-state index >= 15 is 0 Å². The summed E-state index contributed by atoms with van der Waals surface area (Å²) in [5, 5.41) is 3.00. The van der Waals surface area contributed by atoms with Crippen molar-refractivity contribution in [1.82, 2.24) is 4.98 Å². The molecule has 0 atom stereocenters. The Morgan fingerprint density at radius 1 is 1.28 bits per heavy atom. The fourth-order valence-corrected chi connectivity index (χ4v) is 3.17. The van der Waals surface area contributed by atoms with Crippen molar-refractivity contribution in [2.24, 2.45) is 0 Å². The van der Waals surface area contributed by atoms with E-state index in [0.29, 0.717) is 27.4 Å². The van der Waals surface area contributed by atoms with Crippen LogP contribution in [-0.4, -0.2) is 30.6 Å². The molecular formula is C18H22N2O4S. The molecule has 1 N–H and O–H groups in total. The van der Waals surface area contributed by atoms with Crippen molar-refractivity contribution in [3.63, 3.8) is 0 Å². The first-order valence-electron chi connectivity index (χ1n) is 7.90. The van der Waals surface area contributed by atoms with E-state index in [0.717, 1.165) is 22.5 Å². The van der Waals surface area contributed by atoms with Crippen LogP contribution in [0.25, 0.3) is 0 Å². The molecule has 0 unspecified atom stereocenters. The summed E-state index contributed by atoms with van der Waals surface area (Å²) in [7, 11) is 1.31. The zero-order valence-electron chi connectivity index (χ0n) is 15.0. The zero-order valence-corrected chi connectivity index (χ0v) is 15.8. The summed E-state index contributed by atoms with van der Waals surface area (Å²) in [6.45, 7) is 7.68. The second kappa shape index (κ2) is 8.11. The lowest BCUT2D eigenvalue weighted by Crippen LogP contribution is -2.20. The molecule has 6 nitrogen and oxygen atoms in total. The van der Waals surface area contributed by atoms with Crippen LogP contribution in [0, 0.1) is 13.8 Å². The lowest BCUT2D eigenvalue weighted by Gasteiger charge is -2.14. The Balaban J connectivity index is 2.02. The van der Waals surface area contributed by atoms with Crippen LogP contribution in [0.5, 0.6) is 5.75 Å². The van der Waals surface area contributed by atoms with Crippen LogP contribution in [0.1, 0.15) is 46.3 Å². The number of amides is 1. The number of hydrogen-bond acceptors (Lipinski definition) is 6. The number of rotatable bonds is 6. The van der Waals surface area contributed by atoms with Crippen LogP contribution in [0.4, 0.5) is 5.13 Å². The van der Waals surface area contributed by atoms with E-state index in [9.17, 15) is 9.59 Å².